The molecule has 8 nitrogen and oxygen atoms in total. The molecule has 0 aliphatic heterocycles. The molecule has 1 atom stereocenters. The number of nitrogens with zero attached hydrogens (tertiary/aromatic N) is 1. The highest BCUT2D eigenvalue weighted by molar-refractivity contribution is 5.86. The van der Waals surface area contributed by atoms with E-state index < -0.39 is 30.4 Å². The number of carboxylic acid groups (broad SMARTS) is 1. The molecule has 0 aliphatic rings. The first-order valence-corrected chi connectivity index (χ1v) is 6.44. The van der Waals surface area contributed by atoms with Crippen LogP contribution in [0.25, 0.3) is 0 Å². The molecule has 0 aromatic heterocycles. The number of aliphatic carboxylic acids is 1. The molecular formula is C14H18N2O6. The zero-order valence-electron chi connectivity index (χ0n) is 12.3. The van der Waals surface area contributed by atoms with Crippen molar-refractivity contribution in [1.29, 1.82) is 0 Å². The predicted octanol–water partition coefficient (Wildman–Crippen LogP) is 0.776. The summed E-state index contributed by atoms with van der Waals surface area (Å²) in [6.07, 6.45) is -1.36. The summed E-state index contributed by atoms with van der Waals surface area (Å²) >= 11 is 0. The highest BCUT2D eigenvalue weighted by atomic mass is 16.7. The van der Waals surface area contributed by atoms with E-state index >= 15 is 0 Å². The smallest absolute Gasteiger partial charge is 0.408 e. The summed E-state index contributed by atoms with van der Waals surface area (Å²) in [6.45, 7) is 0.00489. The molecule has 8 heteroatoms. The van der Waals surface area contributed by atoms with E-state index in [-0.39, 0.29) is 6.61 Å². The molecule has 0 radical (unpaired) electrons. The second kappa shape index (κ2) is 8.63. The van der Waals surface area contributed by atoms with Gasteiger partial charge in [0, 0.05) is 7.05 Å². The van der Waals surface area contributed by atoms with Gasteiger partial charge in [0.05, 0.1) is 13.5 Å². The van der Waals surface area contributed by atoms with E-state index in [2.05, 4.69) is 10.2 Å². The molecule has 0 spiro atoms. The number of carboxylic acids is 1. The Hall–Kier alpha value is -2.61. The third-order valence-electron chi connectivity index (χ3n) is 2.81. The number of rotatable bonds is 7. The SMILES string of the molecule is CON(C)C(=O)C[C@H](NC(=O)OCc1ccccc1)C(=O)O. The summed E-state index contributed by atoms with van der Waals surface area (Å²) in [5.74, 6) is -1.92. The zero-order chi connectivity index (χ0) is 16.5. The fourth-order valence-electron chi connectivity index (χ4n) is 1.51. The van der Waals surface area contributed by atoms with E-state index in [4.69, 9.17) is 9.84 Å². The van der Waals surface area contributed by atoms with Crippen LogP contribution in [0.4, 0.5) is 4.79 Å². The van der Waals surface area contributed by atoms with Crippen molar-refractivity contribution >= 4 is 18.0 Å². The van der Waals surface area contributed by atoms with Crippen molar-refractivity contribution in [3.63, 3.8) is 0 Å². The molecule has 0 saturated carbocycles. The molecule has 1 rings (SSSR count). The van der Waals surface area contributed by atoms with Crippen molar-refractivity contribution in [2.45, 2.75) is 19.1 Å². The van der Waals surface area contributed by atoms with Gasteiger partial charge in [-0.15, -0.1) is 0 Å². The minimum Gasteiger partial charge on any atom is -0.480 e. The Balaban J connectivity index is 2.50. The summed E-state index contributed by atoms with van der Waals surface area (Å²) in [5.41, 5.74) is 0.764. The molecule has 120 valence electrons. The van der Waals surface area contributed by atoms with Gasteiger partial charge >= 0.3 is 12.1 Å². The van der Waals surface area contributed by atoms with Gasteiger partial charge in [-0.05, 0) is 5.56 Å². The van der Waals surface area contributed by atoms with Crippen LogP contribution in [0.3, 0.4) is 0 Å². The Morgan fingerprint density at radius 1 is 1.27 bits per heavy atom. The molecule has 1 aromatic carbocycles. The van der Waals surface area contributed by atoms with Crippen molar-refractivity contribution in [3.05, 3.63) is 35.9 Å². The first-order valence-electron chi connectivity index (χ1n) is 6.44. The second-order valence-corrected chi connectivity index (χ2v) is 4.37. The molecule has 0 heterocycles. The Morgan fingerprint density at radius 2 is 1.91 bits per heavy atom. The fourth-order valence-corrected chi connectivity index (χ4v) is 1.51. The number of hydroxylamine groups is 2. The number of carbonyl (C=O) groups is 3. The maximum atomic E-state index is 11.6. The largest absolute Gasteiger partial charge is 0.480 e. The van der Waals surface area contributed by atoms with E-state index in [1.807, 2.05) is 6.07 Å². The van der Waals surface area contributed by atoms with Crippen molar-refractivity contribution in [3.8, 4) is 0 Å². The summed E-state index contributed by atoms with van der Waals surface area (Å²) < 4.78 is 4.91. The lowest BCUT2D eigenvalue weighted by atomic mass is 10.2. The molecule has 1 aromatic rings. The number of hydrogen-bond donors (Lipinski definition) is 2. The van der Waals surface area contributed by atoms with Crippen molar-refractivity contribution in [1.82, 2.24) is 10.4 Å². The van der Waals surface area contributed by atoms with Gasteiger partial charge in [0.15, 0.2) is 0 Å². The van der Waals surface area contributed by atoms with Gasteiger partial charge in [-0.3, -0.25) is 9.63 Å². The van der Waals surface area contributed by atoms with Crippen molar-refractivity contribution in [2.24, 2.45) is 0 Å². The molecule has 2 amide bonds. The van der Waals surface area contributed by atoms with E-state index in [1.54, 1.807) is 24.3 Å². The summed E-state index contributed by atoms with van der Waals surface area (Å²) in [7, 11) is 2.62. The van der Waals surface area contributed by atoms with Gasteiger partial charge in [-0.1, -0.05) is 30.3 Å². The lowest BCUT2D eigenvalue weighted by molar-refractivity contribution is -0.170. The number of alkyl carbamates (subject to hydrolysis) is 1. The van der Waals surface area contributed by atoms with Gasteiger partial charge < -0.3 is 15.2 Å². The molecular weight excluding hydrogens is 292 g/mol. The van der Waals surface area contributed by atoms with Crippen molar-refractivity contribution in [2.75, 3.05) is 14.2 Å². The quantitative estimate of drug-likeness (QED) is 0.721. The first kappa shape index (κ1) is 17.4. The maximum Gasteiger partial charge on any atom is 0.408 e. The van der Waals surface area contributed by atoms with E-state index in [0.29, 0.717) is 0 Å². The van der Waals surface area contributed by atoms with Gasteiger partial charge in [0.2, 0.25) is 5.91 Å². The van der Waals surface area contributed by atoms with Gasteiger partial charge in [0.25, 0.3) is 0 Å². The number of ether oxygens (including phenoxy) is 1. The fraction of sp³-hybridized carbons (Fsp3) is 0.357. The van der Waals surface area contributed by atoms with Crippen LogP contribution >= 0.6 is 0 Å². The normalized spacial score (nSPS) is 11.4. The number of carbonyl (C=O) groups excluding carboxylic acids is 2. The van der Waals surface area contributed by atoms with Crippen LogP contribution in [-0.4, -0.2) is 48.3 Å². The van der Waals surface area contributed by atoms with Gasteiger partial charge in [0.1, 0.15) is 12.6 Å². The Bertz CT molecular complexity index is 519. The third-order valence-corrected chi connectivity index (χ3v) is 2.81. The monoisotopic (exact) mass is 310 g/mol. The summed E-state index contributed by atoms with van der Waals surface area (Å²) in [6, 6.07) is 7.53. The van der Waals surface area contributed by atoms with Crippen LogP contribution in [0, 0.1) is 0 Å². The van der Waals surface area contributed by atoms with E-state index in [1.165, 1.54) is 14.2 Å². The minimum absolute atomic E-state index is 0.00489. The van der Waals surface area contributed by atoms with Crippen LogP contribution in [-0.2, 0) is 25.8 Å². The average molecular weight is 310 g/mol. The van der Waals surface area contributed by atoms with Gasteiger partial charge in [-0.25, -0.2) is 14.7 Å². The molecule has 0 saturated heterocycles. The standard InChI is InChI=1S/C14H18N2O6/c1-16(21-2)12(17)8-11(13(18)19)15-14(20)22-9-10-6-4-3-5-7-10/h3-7,11H,8-9H2,1-2H3,(H,15,20)(H,18,19)/t11-/m0/s1. The Labute approximate surface area is 127 Å². The minimum atomic E-state index is -1.40. The Kier molecular flexibility index (Phi) is 6.84. The highest BCUT2D eigenvalue weighted by Crippen LogP contribution is 2.02. The lowest BCUT2D eigenvalue weighted by Crippen LogP contribution is -2.44. The zero-order valence-corrected chi connectivity index (χ0v) is 12.3. The topological polar surface area (TPSA) is 105 Å². The molecule has 0 aliphatic carbocycles. The third kappa shape index (κ3) is 5.80. The molecule has 0 fully saturated rings. The van der Waals surface area contributed by atoms with Crippen LogP contribution in [0.2, 0.25) is 0 Å². The Morgan fingerprint density at radius 3 is 2.45 bits per heavy atom. The number of nitrogens with one attached hydrogen (secondary N) is 1. The maximum absolute atomic E-state index is 11.6. The lowest BCUT2D eigenvalue weighted by Gasteiger charge is -2.18. The molecule has 0 bridgehead atoms. The molecule has 2 N–H and O–H groups in total. The van der Waals surface area contributed by atoms with Crippen LogP contribution < -0.4 is 5.32 Å². The van der Waals surface area contributed by atoms with Crippen LogP contribution in [0.15, 0.2) is 30.3 Å². The average Bonchev–Trinajstić information content (AvgIpc) is 2.52. The van der Waals surface area contributed by atoms with Crippen LogP contribution in [0.5, 0.6) is 0 Å². The van der Waals surface area contributed by atoms with Gasteiger partial charge in [-0.2, -0.15) is 0 Å². The summed E-state index contributed by atoms with van der Waals surface area (Å²) in [4.78, 5) is 38.9. The van der Waals surface area contributed by atoms with Crippen molar-refractivity contribution < 1.29 is 29.1 Å². The van der Waals surface area contributed by atoms with Crippen LogP contribution in [0.1, 0.15) is 12.0 Å². The number of hydrogen-bond acceptors (Lipinski definition) is 5. The first-order chi connectivity index (χ1) is 10.4. The number of benzene rings is 1. The predicted molar refractivity (Wildman–Crippen MR) is 75.6 cm³/mol. The second-order valence-electron chi connectivity index (χ2n) is 4.37. The summed E-state index contributed by atoms with van der Waals surface area (Å²) in [5, 5.41) is 12.0. The highest BCUT2D eigenvalue weighted by Gasteiger charge is 2.25. The molecule has 22 heavy (non-hydrogen) atoms. The number of amides is 2. The molecule has 0 unspecified atom stereocenters. The van der Waals surface area contributed by atoms with E-state index in [0.717, 1.165) is 10.6 Å². The van der Waals surface area contributed by atoms with E-state index in [9.17, 15) is 14.4 Å².